The van der Waals surface area contributed by atoms with Gasteiger partial charge in [0.15, 0.2) is 0 Å². The first-order chi connectivity index (χ1) is 16.0. The highest BCUT2D eigenvalue weighted by atomic mass is 19.4. The van der Waals surface area contributed by atoms with E-state index in [9.17, 15) is 28.3 Å². The summed E-state index contributed by atoms with van der Waals surface area (Å²) in [5.41, 5.74) is 0.166. The summed E-state index contributed by atoms with van der Waals surface area (Å²) in [6.45, 7) is 4.17. The van der Waals surface area contributed by atoms with Gasteiger partial charge in [-0.2, -0.15) is 18.4 Å². The van der Waals surface area contributed by atoms with Crippen molar-refractivity contribution in [2.75, 3.05) is 23.3 Å². The maximum atomic E-state index is 12.9. The molecule has 1 saturated heterocycles. The number of anilines is 2. The summed E-state index contributed by atoms with van der Waals surface area (Å²) in [6, 6.07) is 7.22. The van der Waals surface area contributed by atoms with Crippen LogP contribution < -0.4 is 10.2 Å². The Morgan fingerprint density at radius 3 is 2.59 bits per heavy atom. The number of aromatic nitrogens is 3. The van der Waals surface area contributed by atoms with Crippen LogP contribution in [0.15, 0.2) is 42.9 Å². The Balaban J connectivity index is 1.59. The van der Waals surface area contributed by atoms with Crippen LogP contribution in [0.25, 0.3) is 11.1 Å². The minimum Gasteiger partial charge on any atom is -0.386 e. The predicted molar refractivity (Wildman–Crippen MR) is 117 cm³/mol. The average molecular weight is 468 g/mol. The van der Waals surface area contributed by atoms with E-state index in [2.05, 4.69) is 26.3 Å². The Bertz CT molecular complexity index is 1310. The van der Waals surface area contributed by atoms with Gasteiger partial charge in [-0.1, -0.05) is 0 Å². The third-order valence-corrected chi connectivity index (χ3v) is 5.32. The van der Waals surface area contributed by atoms with Gasteiger partial charge in [0.05, 0.1) is 23.0 Å². The maximum Gasteiger partial charge on any atom is 0.433 e. The molecule has 0 saturated carbocycles. The number of nitrogens with zero attached hydrogens (tertiary/aromatic N) is 5. The van der Waals surface area contributed by atoms with Crippen molar-refractivity contribution in [2.24, 2.45) is 0 Å². The molecule has 0 atom stereocenters. The number of amides is 1. The Labute approximate surface area is 192 Å². The van der Waals surface area contributed by atoms with Crippen molar-refractivity contribution in [1.82, 2.24) is 15.0 Å². The van der Waals surface area contributed by atoms with Crippen LogP contribution in [0.5, 0.6) is 0 Å². The number of aliphatic hydroxyl groups is 1. The van der Waals surface area contributed by atoms with Crippen LogP contribution in [-0.4, -0.2) is 44.7 Å². The second kappa shape index (κ2) is 8.39. The zero-order chi connectivity index (χ0) is 24.7. The van der Waals surface area contributed by atoms with E-state index >= 15 is 0 Å². The van der Waals surface area contributed by atoms with Gasteiger partial charge in [0.2, 0.25) is 0 Å². The first-order valence-corrected chi connectivity index (χ1v) is 10.2. The Morgan fingerprint density at radius 1 is 1.21 bits per heavy atom. The Hall–Kier alpha value is -4.04. The minimum atomic E-state index is -4.67. The summed E-state index contributed by atoms with van der Waals surface area (Å²) in [4.78, 5) is 26.2. The zero-order valence-corrected chi connectivity index (χ0v) is 18.2. The third-order valence-electron chi connectivity index (χ3n) is 5.32. The monoisotopic (exact) mass is 468 g/mol. The van der Waals surface area contributed by atoms with Gasteiger partial charge in [0, 0.05) is 47.9 Å². The van der Waals surface area contributed by atoms with Crippen LogP contribution in [0.1, 0.15) is 34.2 Å². The quantitative estimate of drug-likeness (QED) is 0.602. The topological polar surface area (TPSA) is 115 Å². The van der Waals surface area contributed by atoms with Gasteiger partial charge in [-0.05, 0) is 38.1 Å². The molecule has 3 aromatic heterocycles. The fourth-order valence-electron chi connectivity index (χ4n) is 3.69. The number of hydrogen-bond acceptors (Lipinski definition) is 7. The van der Waals surface area contributed by atoms with Crippen molar-refractivity contribution in [2.45, 2.75) is 25.6 Å². The van der Waals surface area contributed by atoms with Crippen molar-refractivity contribution >= 4 is 17.4 Å². The lowest BCUT2D eigenvalue weighted by Crippen LogP contribution is -2.60. The molecule has 0 radical (unpaired) electrons. The van der Waals surface area contributed by atoms with E-state index in [0.29, 0.717) is 47.4 Å². The van der Waals surface area contributed by atoms with Gasteiger partial charge in [0.1, 0.15) is 17.6 Å². The fourth-order valence-corrected chi connectivity index (χ4v) is 3.69. The maximum absolute atomic E-state index is 12.9. The van der Waals surface area contributed by atoms with Crippen LogP contribution in [0.2, 0.25) is 0 Å². The van der Waals surface area contributed by atoms with Gasteiger partial charge < -0.3 is 15.3 Å². The highest BCUT2D eigenvalue weighted by Crippen LogP contribution is 2.32. The molecule has 0 spiro atoms. The summed E-state index contributed by atoms with van der Waals surface area (Å²) in [5.74, 6) is -0.286. The fraction of sp³-hybridized carbons (Fsp3) is 0.261. The summed E-state index contributed by atoms with van der Waals surface area (Å²) in [6.07, 6.45) is -0.794. The predicted octanol–water partition coefficient (Wildman–Crippen LogP) is 3.56. The molecule has 1 aliphatic heterocycles. The lowest BCUT2D eigenvalue weighted by molar-refractivity contribution is -0.141. The molecule has 1 fully saturated rings. The molecule has 3 aromatic rings. The summed E-state index contributed by atoms with van der Waals surface area (Å²) in [5, 5.41) is 22.1. The van der Waals surface area contributed by atoms with E-state index in [1.54, 1.807) is 37.1 Å². The third kappa shape index (κ3) is 4.67. The SMILES string of the molecule is Cc1ncc(NC(=O)c2ccnc(C(F)(F)F)c2)cc1-c1cnc(N2CC(C)(O)C2)c(C#N)c1. The van der Waals surface area contributed by atoms with Crippen LogP contribution in [-0.2, 0) is 6.18 Å². The van der Waals surface area contributed by atoms with E-state index in [-0.39, 0.29) is 11.3 Å². The molecule has 34 heavy (non-hydrogen) atoms. The smallest absolute Gasteiger partial charge is 0.386 e. The number of rotatable bonds is 4. The van der Waals surface area contributed by atoms with Crippen molar-refractivity contribution < 1.29 is 23.1 Å². The molecule has 8 nitrogen and oxygen atoms in total. The number of nitrogens with one attached hydrogen (secondary N) is 1. The van der Waals surface area contributed by atoms with Crippen molar-refractivity contribution in [3.63, 3.8) is 0 Å². The molecule has 11 heteroatoms. The number of hydrogen-bond donors (Lipinski definition) is 2. The molecule has 0 aromatic carbocycles. The number of alkyl halides is 3. The molecule has 0 unspecified atom stereocenters. The molecule has 1 amide bonds. The largest absolute Gasteiger partial charge is 0.433 e. The highest BCUT2D eigenvalue weighted by Gasteiger charge is 2.38. The van der Waals surface area contributed by atoms with E-state index in [4.69, 9.17) is 0 Å². The molecule has 0 bridgehead atoms. The normalized spacial score (nSPS) is 14.8. The van der Waals surface area contributed by atoms with E-state index in [1.807, 2.05) is 0 Å². The molecule has 2 N–H and O–H groups in total. The van der Waals surface area contributed by atoms with Crippen LogP contribution in [0.3, 0.4) is 0 Å². The lowest BCUT2D eigenvalue weighted by atomic mass is 9.96. The summed E-state index contributed by atoms with van der Waals surface area (Å²) >= 11 is 0. The van der Waals surface area contributed by atoms with Gasteiger partial charge in [0.25, 0.3) is 5.91 Å². The number of carbonyl (C=O) groups excluding carboxylic acids is 1. The van der Waals surface area contributed by atoms with Gasteiger partial charge in [-0.15, -0.1) is 0 Å². The number of aryl methyl sites for hydroxylation is 1. The second-order valence-corrected chi connectivity index (χ2v) is 8.30. The van der Waals surface area contributed by atoms with E-state index in [0.717, 1.165) is 6.20 Å². The van der Waals surface area contributed by atoms with Crippen LogP contribution >= 0.6 is 0 Å². The summed E-state index contributed by atoms with van der Waals surface area (Å²) in [7, 11) is 0. The van der Waals surface area contributed by atoms with Crippen LogP contribution in [0.4, 0.5) is 24.7 Å². The standard InChI is InChI=1S/C23H19F3N6O2/c1-13-18(16-5-15(8-27)20(30-9-16)32-11-22(2,34)12-32)7-17(10-29-13)31-21(33)14-3-4-28-19(6-14)23(24,25)26/h3-7,9-10,34H,11-12H2,1-2H3,(H,31,33). The van der Waals surface area contributed by atoms with Gasteiger partial charge >= 0.3 is 6.18 Å². The van der Waals surface area contributed by atoms with Crippen molar-refractivity contribution in [1.29, 1.82) is 5.26 Å². The first-order valence-electron chi connectivity index (χ1n) is 10.2. The average Bonchev–Trinajstić information content (AvgIpc) is 2.77. The number of halogens is 3. The molecular weight excluding hydrogens is 449 g/mol. The number of β-amino-alcohol motifs (C(OH)–C–C–N with tert-alkyl or cyclic N) is 1. The molecular formula is C23H19F3N6O2. The number of pyridine rings is 3. The zero-order valence-electron chi connectivity index (χ0n) is 18.2. The van der Waals surface area contributed by atoms with Gasteiger partial charge in [-0.3, -0.25) is 14.8 Å². The lowest BCUT2D eigenvalue weighted by Gasteiger charge is -2.45. The molecule has 1 aliphatic rings. The Morgan fingerprint density at radius 2 is 1.94 bits per heavy atom. The van der Waals surface area contributed by atoms with Crippen LogP contribution in [0, 0.1) is 18.3 Å². The molecule has 4 heterocycles. The van der Waals surface area contributed by atoms with Crippen molar-refractivity contribution in [3.05, 3.63) is 65.4 Å². The minimum absolute atomic E-state index is 0.201. The van der Waals surface area contributed by atoms with Gasteiger partial charge in [-0.25, -0.2) is 4.98 Å². The van der Waals surface area contributed by atoms with E-state index < -0.39 is 23.4 Å². The second-order valence-electron chi connectivity index (χ2n) is 8.30. The number of nitriles is 1. The van der Waals surface area contributed by atoms with E-state index in [1.165, 1.54) is 12.3 Å². The number of carbonyl (C=O) groups is 1. The molecule has 174 valence electrons. The first kappa shape index (κ1) is 23.1. The molecule has 4 rings (SSSR count). The Kier molecular flexibility index (Phi) is 5.70. The summed E-state index contributed by atoms with van der Waals surface area (Å²) < 4.78 is 38.7. The van der Waals surface area contributed by atoms with Crippen molar-refractivity contribution in [3.8, 4) is 17.2 Å². The highest BCUT2D eigenvalue weighted by molar-refractivity contribution is 6.04. The molecule has 0 aliphatic carbocycles.